The molecule has 4 rings (SSSR count). The fraction of sp³-hybridized carbons (Fsp3) is 0.350. The molecule has 0 aliphatic carbocycles. The Kier molecular flexibility index (Phi) is 5.40. The molecule has 3 aromatic rings. The van der Waals surface area contributed by atoms with E-state index in [1.54, 1.807) is 10.5 Å². The Balaban J connectivity index is 1.46. The first kappa shape index (κ1) is 18.6. The van der Waals surface area contributed by atoms with E-state index >= 15 is 0 Å². The minimum absolute atomic E-state index is 0.0943. The number of hydrogen-bond donors (Lipinski definition) is 2. The number of rotatable bonds is 6. The van der Waals surface area contributed by atoms with E-state index in [0.29, 0.717) is 35.0 Å². The van der Waals surface area contributed by atoms with E-state index < -0.39 is 0 Å². The smallest absolute Gasteiger partial charge is 0.259 e. The minimum Gasteiger partial charge on any atom is -0.379 e. The third-order valence-corrected chi connectivity index (χ3v) is 5.72. The average Bonchev–Trinajstić information content (AvgIpc) is 3.35. The molecule has 3 heterocycles. The van der Waals surface area contributed by atoms with Crippen LogP contribution in [0.25, 0.3) is 4.96 Å². The number of carbonyl (C=O) groups excluding carboxylic acids is 1. The van der Waals surface area contributed by atoms with Crippen LogP contribution in [0.4, 0.5) is 5.69 Å². The average molecular weight is 398 g/mol. The van der Waals surface area contributed by atoms with Crippen molar-refractivity contribution >= 4 is 27.9 Å². The van der Waals surface area contributed by atoms with E-state index in [-0.39, 0.29) is 17.6 Å². The maximum Gasteiger partial charge on any atom is 0.259 e. The fourth-order valence-corrected chi connectivity index (χ4v) is 4.21. The second-order valence-electron chi connectivity index (χ2n) is 6.82. The number of aromatic nitrogens is 2. The Morgan fingerprint density at radius 1 is 1.39 bits per heavy atom. The summed E-state index contributed by atoms with van der Waals surface area (Å²) in [5.74, 6) is -0.143. The van der Waals surface area contributed by atoms with E-state index in [9.17, 15) is 9.59 Å². The van der Waals surface area contributed by atoms with Gasteiger partial charge in [0.05, 0.1) is 23.9 Å². The molecule has 0 radical (unpaired) electrons. The number of anilines is 1. The number of carbonyl (C=O) groups is 1. The van der Waals surface area contributed by atoms with Crippen LogP contribution in [0.2, 0.25) is 0 Å². The zero-order valence-electron chi connectivity index (χ0n) is 15.6. The second kappa shape index (κ2) is 8.12. The number of ether oxygens (including phenoxy) is 1. The van der Waals surface area contributed by atoms with Crippen LogP contribution in [0.3, 0.4) is 0 Å². The lowest BCUT2D eigenvalue weighted by Crippen LogP contribution is -2.32. The SMILES string of the molecule is Cc1csc2nc(CNc3ccccc3C(=O)NC[C@H]3CCCO3)cc(=O)n12. The van der Waals surface area contributed by atoms with Crippen molar-refractivity contribution in [2.45, 2.75) is 32.4 Å². The summed E-state index contributed by atoms with van der Waals surface area (Å²) in [7, 11) is 0. The molecule has 0 bridgehead atoms. The highest BCUT2D eigenvalue weighted by atomic mass is 32.1. The summed E-state index contributed by atoms with van der Waals surface area (Å²) < 4.78 is 7.15. The Morgan fingerprint density at radius 3 is 3.07 bits per heavy atom. The van der Waals surface area contributed by atoms with Gasteiger partial charge >= 0.3 is 0 Å². The molecule has 1 aromatic carbocycles. The summed E-state index contributed by atoms with van der Waals surface area (Å²) in [6, 6.07) is 8.85. The molecule has 28 heavy (non-hydrogen) atoms. The maximum absolute atomic E-state index is 12.6. The molecule has 1 fully saturated rings. The Bertz CT molecular complexity index is 1050. The number of hydrogen-bond acceptors (Lipinski definition) is 6. The van der Waals surface area contributed by atoms with Gasteiger partial charge in [-0.2, -0.15) is 0 Å². The van der Waals surface area contributed by atoms with Crippen LogP contribution in [-0.4, -0.2) is 34.5 Å². The van der Waals surface area contributed by atoms with Gasteiger partial charge in [0.2, 0.25) is 0 Å². The van der Waals surface area contributed by atoms with Gasteiger partial charge in [0, 0.05) is 36.0 Å². The van der Waals surface area contributed by atoms with Crippen molar-refractivity contribution in [1.29, 1.82) is 0 Å². The van der Waals surface area contributed by atoms with Crippen LogP contribution < -0.4 is 16.2 Å². The molecule has 8 heteroatoms. The van der Waals surface area contributed by atoms with Gasteiger partial charge in [-0.25, -0.2) is 4.98 Å². The first-order valence-corrected chi connectivity index (χ1v) is 10.2. The lowest BCUT2D eigenvalue weighted by molar-refractivity contribution is 0.0858. The second-order valence-corrected chi connectivity index (χ2v) is 7.66. The van der Waals surface area contributed by atoms with Crippen molar-refractivity contribution in [2.75, 3.05) is 18.5 Å². The number of para-hydroxylation sites is 1. The molecule has 146 valence electrons. The quantitative estimate of drug-likeness (QED) is 0.667. The summed E-state index contributed by atoms with van der Waals surface area (Å²) in [5, 5.41) is 8.09. The van der Waals surface area contributed by atoms with Gasteiger partial charge < -0.3 is 15.4 Å². The molecule has 1 saturated heterocycles. The van der Waals surface area contributed by atoms with E-state index in [1.807, 2.05) is 30.5 Å². The summed E-state index contributed by atoms with van der Waals surface area (Å²) in [6.45, 7) is 3.52. The van der Waals surface area contributed by atoms with Crippen molar-refractivity contribution < 1.29 is 9.53 Å². The van der Waals surface area contributed by atoms with Crippen LogP contribution in [0.1, 0.15) is 34.6 Å². The van der Waals surface area contributed by atoms with Gasteiger partial charge in [0.1, 0.15) is 0 Å². The number of amides is 1. The first-order chi connectivity index (χ1) is 13.6. The topological polar surface area (TPSA) is 84.7 Å². The number of fused-ring (bicyclic) bond motifs is 1. The molecule has 0 spiro atoms. The van der Waals surface area contributed by atoms with Crippen molar-refractivity contribution in [3.8, 4) is 0 Å². The van der Waals surface area contributed by atoms with E-state index in [1.165, 1.54) is 17.4 Å². The first-order valence-electron chi connectivity index (χ1n) is 9.31. The lowest BCUT2D eigenvalue weighted by Gasteiger charge is -2.14. The Labute approximate surface area is 166 Å². The van der Waals surface area contributed by atoms with Gasteiger partial charge in [-0.15, -0.1) is 11.3 Å². The van der Waals surface area contributed by atoms with Gasteiger partial charge in [-0.3, -0.25) is 14.0 Å². The van der Waals surface area contributed by atoms with Crippen molar-refractivity contribution in [3.63, 3.8) is 0 Å². The van der Waals surface area contributed by atoms with E-state index in [4.69, 9.17) is 4.74 Å². The van der Waals surface area contributed by atoms with Crippen LogP contribution in [0, 0.1) is 6.92 Å². The number of thiazole rings is 1. The lowest BCUT2D eigenvalue weighted by atomic mass is 10.1. The molecule has 0 unspecified atom stereocenters. The highest BCUT2D eigenvalue weighted by molar-refractivity contribution is 7.15. The number of nitrogens with zero attached hydrogens (tertiary/aromatic N) is 2. The van der Waals surface area contributed by atoms with Crippen LogP contribution in [0.15, 0.2) is 40.5 Å². The van der Waals surface area contributed by atoms with Crippen LogP contribution in [-0.2, 0) is 11.3 Å². The Morgan fingerprint density at radius 2 is 2.25 bits per heavy atom. The van der Waals surface area contributed by atoms with Gasteiger partial charge in [0.25, 0.3) is 11.5 Å². The molecule has 1 amide bonds. The summed E-state index contributed by atoms with van der Waals surface area (Å²) in [6.07, 6.45) is 2.12. The van der Waals surface area contributed by atoms with Crippen molar-refractivity contribution in [1.82, 2.24) is 14.7 Å². The fourth-order valence-electron chi connectivity index (χ4n) is 3.32. The minimum atomic E-state index is -0.143. The largest absolute Gasteiger partial charge is 0.379 e. The third kappa shape index (κ3) is 3.93. The number of nitrogens with one attached hydrogen (secondary N) is 2. The van der Waals surface area contributed by atoms with Crippen LogP contribution in [0.5, 0.6) is 0 Å². The molecular formula is C20H22N4O3S. The summed E-state index contributed by atoms with van der Waals surface area (Å²) >= 11 is 1.44. The van der Waals surface area contributed by atoms with E-state index in [2.05, 4.69) is 15.6 Å². The zero-order chi connectivity index (χ0) is 19.5. The molecule has 7 nitrogen and oxygen atoms in total. The van der Waals surface area contributed by atoms with Gasteiger partial charge in [0.15, 0.2) is 4.96 Å². The van der Waals surface area contributed by atoms with Crippen molar-refractivity contribution in [2.24, 2.45) is 0 Å². The molecular weight excluding hydrogens is 376 g/mol. The van der Waals surface area contributed by atoms with Crippen LogP contribution >= 0.6 is 11.3 Å². The highest BCUT2D eigenvalue weighted by Gasteiger charge is 2.18. The standard InChI is InChI=1S/C20H22N4O3S/c1-13-12-28-20-23-14(9-18(25)24(13)20)10-21-17-7-3-2-6-16(17)19(26)22-11-15-5-4-8-27-15/h2-3,6-7,9,12,15,21H,4-5,8,10-11H2,1H3,(H,22,26)/t15-/m1/s1. The maximum atomic E-state index is 12.6. The summed E-state index contributed by atoms with van der Waals surface area (Å²) in [5.41, 5.74) is 2.69. The van der Waals surface area contributed by atoms with Gasteiger partial charge in [-0.1, -0.05) is 12.1 Å². The predicted molar refractivity (Wildman–Crippen MR) is 109 cm³/mol. The molecule has 2 N–H and O–H groups in total. The third-order valence-electron chi connectivity index (χ3n) is 4.77. The summed E-state index contributed by atoms with van der Waals surface area (Å²) in [4.78, 5) is 30.1. The van der Waals surface area contributed by atoms with Gasteiger partial charge in [-0.05, 0) is 31.9 Å². The molecule has 0 saturated carbocycles. The number of benzene rings is 1. The van der Waals surface area contributed by atoms with Crippen molar-refractivity contribution in [3.05, 3.63) is 63.0 Å². The highest BCUT2D eigenvalue weighted by Crippen LogP contribution is 2.17. The molecule has 1 aliphatic rings. The Hall–Kier alpha value is -2.71. The zero-order valence-corrected chi connectivity index (χ0v) is 16.4. The monoisotopic (exact) mass is 398 g/mol. The molecule has 1 aliphatic heterocycles. The normalized spacial score (nSPS) is 16.4. The molecule has 2 aromatic heterocycles. The van der Waals surface area contributed by atoms with E-state index in [0.717, 1.165) is 25.1 Å². The number of aryl methyl sites for hydroxylation is 1. The molecule has 1 atom stereocenters. The predicted octanol–water partition coefficient (Wildman–Crippen LogP) is 2.59.